The van der Waals surface area contributed by atoms with Crippen LogP contribution >= 0.6 is 0 Å². The molecule has 1 aromatic heterocycles. The van der Waals surface area contributed by atoms with Crippen molar-refractivity contribution in [3.8, 4) is 0 Å². The number of fused-ring (bicyclic) bond motifs is 2. The van der Waals surface area contributed by atoms with Crippen molar-refractivity contribution in [3.05, 3.63) is 36.4 Å². The van der Waals surface area contributed by atoms with E-state index in [0.29, 0.717) is 14.5 Å². The molecule has 0 aliphatic rings. The molecular formula is C14H14IN3Se. The standard InChI is InChI=1S/C14H14N3Se.HI/c1-15-9-3-5-11-13(7-9)18-14-8-10(16-2)4-6-12(14)17-11;/h3-8,15-16H,1-2H3;1H/q+1;/p-1. The first-order valence-electron chi connectivity index (χ1n) is 5.83. The van der Waals surface area contributed by atoms with Gasteiger partial charge in [-0.15, -0.1) is 0 Å². The van der Waals surface area contributed by atoms with Crippen LogP contribution in [0.25, 0.3) is 19.6 Å². The van der Waals surface area contributed by atoms with Crippen LogP contribution in [0, 0.1) is 0 Å². The number of nitrogens with one attached hydrogen (secondary N) is 2. The Kier molecular flexibility index (Phi) is 4.60. The maximum Gasteiger partial charge on any atom is -1.00 e. The first kappa shape index (κ1) is 14.5. The average molecular weight is 430 g/mol. The number of rotatable bonds is 2. The van der Waals surface area contributed by atoms with E-state index in [1.807, 2.05) is 14.1 Å². The Balaban J connectivity index is 0.00000133. The SMILES string of the molecule is CNc1ccc2nc3ccc(NC)cc3[se+]c2c1.[I-]. The number of hydrogen-bond acceptors (Lipinski definition) is 3. The second kappa shape index (κ2) is 6.03. The number of halogens is 1. The average Bonchev–Trinajstić information content (AvgIpc) is 2.43. The fourth-order valence-corrected chi connectivity index (χ4v) is 4.13. The quantitative estimate of drug-likeness (QED) is 0.337. The molecule has 2 aromatic carbocycles. The fourth-order valence-electron chi connectivity index (χ4n) is 1.94. The molecule has 0 saturated carbocycles. The zero-order chi connectivity index (χ0) is 12.5. The zero-order valence-electron chi connectivity index (χ0n) is 10.7. The number of aromatic nitrogens is 1. The fraction of sp³-hybridized carbons (Fsp3) is 0.143. The second-order valence-electron chi connectivity index (χ2n) is 4.08. The molecule has 3 rings (SSSR count). The van der Waals surface area contributed by atoms with Crippen molar-refractivity contribution in [2.45, 2.75) is 0 Å². The largest absolute Gasteiger partial charge is 1.00 e. The molecule has 0 aliphatic heterocycles. The maximum absolute atomic E-state index is 4.72. The summed E-state index contributed by atoms with van der Waals surface area (Å²) in [6, 6.07) is 12.7. The van der Waals surface area contributed by atoms with Gasteiger partial charge in [-0.3, -0.25) is 0 Å². The van der Waals surface area contributed by atoms with E-state index in [0.717, 1.165) is 22.4 Å². The molecule has 2 N–H and O–H groups in total. The van der Waals surface area contributed by atoms with Gasteiger partial charge in [-0.2, -0.15) is 0 Å². The Morgan fingerprint density at radius 2 is 1.32 bits per heavy atom. The van der Waals surface area contributed by atoms with Crippen molar-refractivity contribution in [2.24, 2.45) is 0 Å². The van der Waals surface area contributed by atoms with Crippen molar-refractivity contribution in [1.82, 2.24) is 4.98 Å². The second-order valence-corrected chi connectivity index (χ2v) is 6.35. The minimum atomic E-state index is 0. The summed E-state index contributed by atoms with van der Waals surface area (Å²) in [5.74, 6) is 0. The van der Waals surface area contributed by atoms with Crippen molar-refractivity contribution in [1.29, 1.82) is 0 Å². The molecule has 3 nitrogen and oxygen atoms in total. The summed E-state index contributed by atoms with van der Waals surface area (Å²) in [5, 5.41) is 6.36. The van der Waals surface area contributed by atoms with Gasteiger partial charge in [0.1, 0.15) is 0 Å². The van der Waals surface area contributed by atoms with Gasteiger partial charge in [0.2, 0.25) is 0 Å². The van der Waals surface area contributed by atoms with E-state index in [4.69, 9.17) is 4.98 Å². The maximum atomic E-state index is 4.72. The van der Waals surface area contributed by atoms with Gasteiger partial charge < -0.3 is 24.0 Å². The third-order valence-corrected chi connectivity index (χ3v) is 5.25. The molecular weight excluding hydrogens is 416 g/mol. The van der Waals surface area contributed by atoms with Crippen LogP contribution in [0.3, 0.4) is 0 Å². The minimum Gasteiger partial charge on any atom is -1.00 e. The molecule has 98 valence electrons. The van der Waals surface area contributed by atoms with Crippen LogP contribution in [0.15, 0.2) is 36.4 Å². The molecule has 0 spiro atoms. The number of benzene rings is 2. The number of nitrogens with zero attached hydrogens (tertiary/aromatic N) is 1. The van der Waals surface area contributed by atoms with Crippen LogP contribution < -0.4 is 34.6 Å². The predicted molar refractivity (Wildman–Crippen MR) is 79.7 cm³/mol. The first-order valence-corrected chi connectivity index (χ1v) is 7.54. The normalized spacial score (nSPS) is 10.2. The Morgan fingerprint density at radius 3 is 1.74 bits per heavy atom. The van der Waals surface area contributed by atoms with Crippen LogP contribution in [-0.2, 0) is 0 Å². The third kappa shape index (κ3) is 2.83. The van der Waals surface area contributed by atoms with Crippen LogP contribution in [-0.4, -0.2) is 33.6 Å². The number of anilines is 2. The first-order chi connectivity index (χ1) is 8.80. The number of hydrogen-bond donors (Lipinski definition) is 2. The molecule has 5 heteroatoms. The van der Waals surface area contributed by atoms with Gasteiger partial charge >= 0.3 is 112 Å². The molecule has 0 bridgehead atoms. The molecule has 0 saturated heterocycles. The Hall–Kier alpha value is -0.911. The van der Waals surface area contributed by atoms with Gasteiger partial charge in [-0.1, -0.05) is 0 Å². The minimum absolute atomic E-state index is 0. The summed E-state index contributed by atoms with van der Waals surface area (Å²) in [6.45, 7) is 0. The Bertz CT molecular complexity index is 671. The third-order valence-electron chi connectivity index (χ3n) is 2.96. The van der Waals surface area contributed by atoms with E-state index >= 15 is 0 Å². The van der Waals surface area contributed by atoms with E-state index in [9.17, 15) is 0 Å². The molecule has 0 amide bonds. The Labute approximate surface area is 135 Å². The van der Waals surface area contributed by atoms with Crippen molar-refractivity contribution in [3.63, 3.8) is 0 Å². The molecule has 19 heavy (non-hydrogen) atoms. The van der Waals surface area contributed by atoms with Crippen LogP contribution in [0.2, 0.25) is 0 Å². The summed E-state index contributed by atoms with van der Waals surface area (Å²) >= 11 is 0.326. The van der Waals surface area contributed by atoms with Gasteiger partial charge in [0.05, 0.1) is 0 Å². The summed E-state index contributed by atoms with van der Waals surface area (Å²) in [5.41, 5.74) is 4.52. The summed E-state index contributed by atoms with van der Waals surface area (Å²) in [7, 11) is 3.89. The molecule has 0 fully saturated rings. The van der Waals surface area contributed by atoms with E-state index in [1.165, 1.54) is 8.52 Å². The topological polar surface area (TPSA) is 37.0 Å². The molecule has 3 aromatic rings. The molecule has 0 aliphatic carbocycles. The van der Waals surface area contributed by atoms with Gasteiger partial charge in [0, 0.05) is 0 Å². The molecule has 0 unspecified atom stereocenters. The van der Waals surface area contributed by atoms with Gasteiger partial charge in [-0.05, 0) is 0 Å². The predicted octanol–water partition coefficient (Wildman–Crippen LogP) is -0.187. The summed E-state index contributed by atoms with van der Waals surface area (Å²) in [4.78, 5) is 4.72. The smallest absolute Gasteiger partial charge is 1.00 e. The van der Waals surface area contributed by atoms with E-state index in [2.05, 4.69) is 47.0 Å². The monoisotopic (exact) mass is 431 g/mol. The van der Waals surface area contributed by atoms with Crippen molar-refractivity contribution in [2.75, 3.05) is 24.7 Å². The molecule has 0 radical (unpaired) electrons. The van der Waals surface area contributed by atoms with Crippen molar-refractivity contribution < 1.29 is 24.0 Å². The van der Waals surface area contributed by atoms with Crippen molar-refractivity contribution >= 4 is 45.4 Å². The molecule has 0 atom stereocenters. The van der Waals surface area contributed by atoms with E-state index in [-0.39, 0.29) is 24.0 Å². The van der Waals surface area contributed by atoms with E-state index < -0.39 is 0 Å². The summed E-state index contributed by atoms with van der Waals surface area (Å²) in [6.07, 6.45) is 0. The molecule has 1 heterocycles. The van der Waals surface area contributed by atoms with Crippen LogP contribution in [0.1, 0.15) is 0 Å². The van der Waals surface area contributed by atoms with Crippen LogP contribution in [0.5, 0.6) is 0 Å². The Morgan fingerprint density at radius 1 is 0.842 bits per heavy atom. The van der Waals surface area contributed by atoms with Crippen LogP contribution in [0.4, 0.5) is 11.4 Å². The van der Waals surface area contributed by atoms with Gasteiger partial charge in [0.15, 0.2) is 0 Å². The van der Waals surface area contributed by atoms with Gasteiger partial charge in [-0.25, -0.2) is 0 Å². The zero-order valence-corrected chi connectivity index (χ0v) is 14.6. The summed E-state index contributed by atoms with van der Waals surface area (Å²) < 4.78 is 2.69. The van der Waals surface area contributed by atoms with E-state index in [1.54, 1.807) is 0 Å². The van der Waals surface area contributed by atoms with Gasteiger partial charge in [0.25, 0.3) is 0 Å².